The van der Waals surface area contributed by atoms with Crippen LogP contribution in [0.4, 0.5) is 14.9 Å². The van der Waals surface area contributed by atoms with Crippen molar-refractivity contribution in [3.63, 3.8) is 0 Å². The molecule has 1 aromatic rings. The number of anilines is 1. The molecule has 108 valence electrons. The van der Waals surface area contributed by atoms with Gasteiger partial charge in [0.05, 0.1) is 11.6 Å². The van der Waals surface area contributed by atoms with Crippen LogP contribution in [0.5, 0.6) is 0 Å². The van der Waals surface area contributed by atoms with E-state index in [1.807, 2.05) is 0 Å². The molecule has 2 rings (SSSR count). The zero-order chi connectivity index (χ0) is 14.9. The fourth-order valence-corrected chi connectivity index (χ4v) is 2.37. The predicted molar refractivity (Wildman–Crippen MR) is 72.0 cm³/mol. The largest absolute Gasteiger partial charge is 0.481 e. The number of halogens is 1. The summed E-state index contributed by atoms with van der Waals surface area (Å²) in [5.41, 5.74) is 0.869. The average molecular weight is 280 g/mol. The van der Waals surface area contributed by atoms with Crippen molar-refractivity contribution in [3.05, 3.63) is 29.6 Å². The highest BCUT2D eigenvalue weighted by Crippen LogP contribution is 2.24. The summed E-state index contributed by atoms with van der Waals surface area (Å²) >= 11 is 0. The Morgan fingerprint density at radius 2 is 2.10 bits per heavy atom. The maximum Gasteiger partial charge on any atom is 0.321 e. The van der Waals surface area contributed by atoms with Gasteiger partial charge in [-0.2, -0.15) is 0 Å². The normalized spacial score (nSPS) is 21.9. The summed E-state index contributed by atoms with van der Waals surface area (Å²) in [4.78, 5) is 24.4. The maximum absolute atomic E-state index is 13.7. The minimum Gasteiger partial charge on any atom is -0.481 e. The fourth-order valence-electron chi connectivity index (χ4n) is 2.37. The molecule has 0 spiro atoms. The Labute approximate surface area is 116 Å². The van der Waals surface area contributed by atoms with Gasteiger partial charge in [-0.1, -0.05) is 13.0 Å². The standard InChI is InChI=1S/C14H17FN2O3/c1-8-3-4-12(11(15)5-8)16-14(20)17-6-9(2)10(7-17)13(18)19/h3-5,9-10H,6-7H2,1-2H3,(H,16,20)(H,18,19)/t9-,10-/m1/s1. The molecule has 0 aromatic heterocycles. The molecule has 2 atom stereocenters. The number of carbonyl (C=O) groups is 2. The molecule has 20 heavy (non-hydrogen) atoms. The van der Waals surface area contributed by atoms with Crippen LogP contribution in [0.3, 0.4) is 0 Å². The van der Waals surface area contributed by atoms with E-state index in [1.165, 1.54) is 17.0 Å². The number of nitrogens with one attached hydrogen (secondary N) is 1. The predicted octanol–water partition coefficient (Wildman–Crippen LogP) is 2.32. The number of nitrogens with zero attached hydrogens (tertiary/aromatic N) is 1. The van der Waals surface area contributed by atoms with Gasteiger partial charge >= 0.3 is 12.0 Å². The molecule has 0 unspecified atom stereocenters. The van der Waals surface area contributed by atoms with E-state index in [1.54, 1.807) is 19.9 Å². The molecular weight excluding hydrogens is 263 g/mol. The summed E-state index contributed by atoms with van der Waals surface area (Å²) in [6.07, 6.45) is 0. The van der Waals surface area contributed by atoms with Crippen molar-refractivity contribution in [1.29, 1.82) is 0 Å². The van der Waals surface area contributed by atoms with Crippen molar-refractivity contribution < 1.29 is 19.1 Å². The molecule has 1 aliphatic rings. The lowest BCUT2D eigenvalue weighted by Gasteiger charge is -2.17. The Morgan fingerprint density at radius 1 is 1.40 bits per heavy atom. The third kappa shape index (κ3) is 2.89. The second-order valence-electron chi connectivity index (χ2n) is 5.24. The summed E-state index contributed by atoms with van der Waals surface area (Å²) in [6, 6.07) is 4.06. The number of rotatable bonds is 2. The Balaban J connectivity index is 2.04. The molecule has 0 saturated carbocycles. The van der Waals surface area contributed by atoms with Gasteiger partial charge in [-0.25, -0.2) is 9.18 Å². The van der Waals surface area contributed by atoms with Gasteiger partial charge in [0.2, 0.25) is 0 Å². The molecule has 1 aromatic carbocycles. The third-order valence-electron chi connectivity index (χ3n) is 3.58. The number of aliphatic carboxylic acids is 1. The second-order valence-corrected chi connectivity index (χ2v) is 5.24. The number of likely N-dealkylation sites (tertiary alicyclic amines) is 1. The van der Waals surface area contributed by atoms with Crippen LogP contribution in [0.2, 0.25) is 0 Å². The van der Waals surface area contributed by atoms with Crippen molar-refractivity contribution in [1.82, 2.24) is 4.90 Å². The zero-order valence-corrected chi connectivity index (χ0v) is 11.4. The monoisotopic (exact) mass is 280 g/mol. The van der Waals surface area contributed by atoms with Crippen molar-refractivity contribution in [3.8, 4) is 0 Å². The van der Waals surface area contributed by atoms with Crippen LogP contribution in [0.25, 0.3) is 0 Å². The second kappa shape index (κ2) is 5.48. The highest BCUT2D eigenvalue weighted by molar-refractivity contribution is 5.90. The molecule has 2 N–H and O–H groups in total. The Hall–Kier alpha value is -2.11. The van der Waals surface area contributed by atoms with Crippen molar-refractivity contribution in [2.75, 3.05) is 18.4 Å². The molecule has 0 bridgehead atoms. The highest BCUT2D eigenvalue weighted by atomic mass is 19.1. The first-order valence-electron chi connectivity index (χ1n) is 6.43. The van der Waals surface area contributed by atoms with Gasteiger partial charge < -0.3 is 15.3 Å². The number of carboxylic acids is 1. The lowest BCUT2D eigenvalue weighted by atomic mass is 9.99. The summed E-state index contributed by atoms with van der Waals surface area (Å²) < 4.78 is 13.7. The number of hydrogen-bond donors (Lipinski definition) is 2. The first-order valence-corrected chi connectivity index (χ1v) is 6.43. The number of aryl methyl sites for hydroxylation is 1. The van der Waals surface area contributed by atoms with E-state index in [0.717, 1.165) is 5.56 Å². The molecular formula is C14H17FN2O3. The lowest BCUT2D eigenvalue weighted by Crippen LogP contribution is -2.34. The molecule has 5 nitrogen and oxygen atoms in total. The van der Waals surface area contributed by atoms with Crippen LogP contribution in [0, 0.1) is 24.6 Å². The minimum atomic E-state index is -0.908. The first kappa shape index (κ1) is 14.3. The van der Waals surface area contributed by atoms with E-state index in [0.29, 0.717) is 6.54 Å². The molecule has 2 amide bonds. The molecule has 1 saturated heterocycles. The van der Waals surface area contributed by atoms with Crippen molar-refractivity contribution >= 4 is 17.7 Å². The van der Waals surface area contributed by atoms with E-state index in [2.05, 4.69) is 5.32 Å². The quantitative estimate of drug-likeness (QED) is 0.873. The molecule has 0 aliphatic carbocycles. The van der Waals surface area contributed by atoms with Crippen LogP contribution < -0.4 is 5.32 Å². The van der Waals surface area contributed by atoms with Crippen LogP contribution in [0.1, 0.15) is 12.5 Å². The summed E-state index contributed by atoms with van der Waals surface area (Å²) in [5, 5.41) is 11.5. The van der Waals surface area contributed by atoms with Gasteiger partial charge in [-0.15, -0.1) is 0 Å². The lowest BCUT2D eigenvalue weighted by molar-refractivity contribution is -0.142. The van der Waals surface area contributed by atoms with Crippen molar-refractivity contribution in [2.24, 2.45) is 11.8 Å². The smallest absolute Gasteiger partial charge is 0.321 e. The van der Waals surface area contributed by atoms with E-state index in [9.17, 15) is 14.0 Å². The summed E-state index contributed by atoms with van der Waals surface area (Å²) in [5.74, 6) is -2.08. The highest BCUT2D eigenvalue weighted by Gasteiger charge is 2.37. The zero-order valence-electron chi connectivity index (χ0n) is 11.4. The Kier molecular flexibility index (Phi) is 3.92. The number of urea groups is 1. The van der Waals surface area contributed by atoms with Gasteiger partial charge in [0, 0.05) is 13.1 Å². The van der Waals surface area contributed by atoms with E-state index < -0.39 is 23.7 Å². The van der Waals surface area contributed by atoms with E-state index in [4.69, 9.17) is 5.11 Å². The number of amides is 2. The Bertz CT molecular complexity index is 547. The molecule has 0 radical (unpaired) electrons. The SMILES string of the molecule is Cc1ccc(NC(=O)N2C[C@@H](C)[C@H](C(=O)O)C2)c(F)c1. The van der Waals surface area contributed by atoms with Gasteiger partial charge in [-0.3, -0.25) is 4.79 Å². The maximum atomic E-state index is 13.7. The summed E-state index contributed by atoms with van der Waals surface area (Å²) in [6.45, 7) is 4.05. The third-order valence-corrected chi connectivity index (χ3v) is 3.58. The molecule has 1 heterocycles. The van der Waals surface area contributed by atoms with E-state index >= 15 is 0 Å². The van der Waals surface area contributed by atoms with Crippen LogP contribution in [0.15, 0.2) is 18.2 Å². The van der Waals surface area contributed by atoms with Crippen molar-refractivity contribution in [2.45, 2.75) is 13.8 Å². The van der Waals surface area contributed by atoms with Gasteiger partial charge in [0.25, 0.3) is 0 Å². The summed E-state index contributed by atoms with van der Waals surface area (Å²) in [7, 11) is 0. The van der Waals surface area contributed by atoms with Crippen LogP contribution >= 0.6 is 0 Å². The topological polar surface area (TPSA) is 69.6 Å². The molecule has 1 fully saturated rings. The number of benzene rings is 1. The van der Waals surface area contributed by atoms with E-state index in [-0.39, 0.29) is 18.2 Å². The van der Waals surface area contributed by atoms with Gasteiger partial charge in [-0.05, 0) is 30.5 Å². The average Bonchev–Trinajstić information content (AvgIpc) is 2.75. The molecule has 6 heteroatoms. The number of carbonyl (C=O) groups excluding carboxylic acids is 1. The first-order chi connectivity index (χ1) is 9.38. The number of hydrogen-bond acceptors (Lipinski definition) is 2. The number of carboxylic acid groups (broad SMARTS) is 1. The van der Waals surface area contributed by atoms with Crippen LogP contribution in [-0.4, -0.2) is 35.1 Å². The van der Waals surface area contributed by atoms with Gasteiger partial charge in [0.1, 0.15) is 5.82 Å². The van der Waals surface area contributed by atoms with Crippen LogP contribution in [-0.2, 0) is 4.79 Å². The Morgan fingerprint density at radius 3 is 2.65 bits per heavy atom. The minimum absolute atomic E-state index is 0.104. The fraction of sp³-hybridized carbons (Fsp3) is 0.429. The molecule has 1 aliphatic heterocycles. The van der Waals surface area contributed by atoms with Gasteiger partial charge in [0.15, 0.2) is 0 Å².